The van der Waals surface area contributed by atoms with Crippen LogP contribution in [0.3, 0.4) is 0 Å². The lowest BCUT2D eigenvalue weighted by molar-refractivity contribution is 0.0527. The summed E-state index contributed by atoms with van der Waals surface area (Å²) >= 11 is 1.86. The summed E-state index contributed by atoms with van der Waals surface area (Å²) in [7, 11) is 0. The minimum atomic E-state index is -0.346. The lowest BCUT2D eigenvalue weighted by atomic mass is 10.0. The van der Waals surface area contributed by atoms with E-state index >= 15 is 0 Å². The quantitative estimate of drug-likeness (QED) is 0.656. The van der Waals surface area contributed by atoms with E-state index in [9.17, 15) is 4.79 Å². The third-order valence-corrected chi connectivity index (χ3v) is 3.84. The van der Waals surface area contributed by atoms with Crippen LogP contribution in [0.2, 0.25) is 0 Å². The minimum Gasteiger partial charge on any atom is -0.462 e. The lowest BCUT2D eigenvalue weighted by Gasteiger charge is -2.13. The fourth-order valence-corrected chi connectivity index (χ4v) is 2.40. The van der Waals surface area contributed by atoms with Crippen molar-refractivity contribution in [3.63, 3.8) is 0 Å². The summed E-state index contributed by atoms with van der Waals surface area (Å²) in [5.74, 6) is 0.567. The van der Waals surface area contributed by atoms with E-state index in [1.54, 1.807) is 13.0 Å². The number of thioether (sulfide) groups is 1. The van der Waals surface area contributed by atoms with Crippen molar-refractivity contribution < 1.29 is 9.53 Å². The van der Waals surface area contributed by atoms with Crippen LogP contribution in [0.4, 0.5) is 5.69 Å². The molecule has 3 nitrogen and oxygen atoms in total. The van der Waals surface area contributed by atoms with Gasteiger partial charge in [-0.2, -0.15) is 11.8 Å². The molecule has 100 valence electrons. The largest absolute Gasteiger partial charge is 0.462 e. The van der Waals surface area contributed by atoms with Gasteiger partial charge in [0.2, 0.25) is 0 Å². The van der Waals surface area contributed by atoms with Gasteiger partial charge in [0.25, 0.3) is 0 Å². The molecule has 0 aliphatic heterocycles. The molecule has 0 fully saturated rings. The SMILES string of the molecule is CCOC(=O)c1ccc(CSC(C)C)c(C)c1N. The number of rotatable bonds is 5. The van der Waals surface area contributed by atoms with Crippen molar-refractivity contribution in [3.8, 4) is 0 Å². The molecule has 0 bridgehead atoms. The van der Waals surface area contributed by atoms with Crippen LogP contribution in [0.25, 0.3) is 0 Å². The van der Waals surface area contributed by atoms with E-state index in [2.05, 4.69) is 13.8 Å². The molecular formula is C14H21NO2S. The highest BCUT2D eigenvalue weighted by molar-refractivity contribution is 7.99. The maximum absolute atomic E-state index is 11.7. The Balaban J connectivity index is 2.94. The van der Waals surface area contributed by atoms with E-state index in [0.717, 1.165) is 11.3 Å². The van der Waals surface area contributed by atoms with Crippen LogP contribution in [-0.4, -0.2) is 17.8 Å². The summed E-state index contributed by atoms with van der Waals surface area (Å²) in [6, 6.07) is 3.73. The molecule has 0 aromatic heterocycles. The molecular weight excluding hydrogens is 246 g/mol. The second-order valence-electron chi connectivity index (χ2n) is 4.39. The Bertz CT molecular complexity index is 430. The van der Waals surface area contributed by atoms with Gasteiger partial charge in [0, 0.05) is 11.4 Å². The van der Waals surface area contributed by atoms with E-state index in [1.165, 1.54) is 5.56 Å². The number of carbonyl (C=O) groups excluding carboxylic acids is 1. The highest BCUT2D eigenvalue weighted by Gasteiger charge is 2.14. The average Bonchev–Trinajstić information content (AvgIpc) is 2.31. The summed E-state index contributed by atoms with van der Waals surface area (Å²) in [5.41, 5.74) is 9.17. The summed E-state index contributed by atoms with van der Waals surface area (Å²) in [6.07, 6.45) is 0. The van der Waals surface area contributed by atoms with Crippen molar-refractivity contribution in [3.05, 3.63) is 28.8 Å². The molecule has 0 unspecified atom stereocenters. The first-order valence-electron chi connectivity index (χ1n) is 6.14. The number of hydrogen-bond donors (Lipinski definition) is 1. The van der Waals surface area contributed by atoms with Crippen LogP contribution in [0.5, 0.6) is 0 Å². The maximum atomic E-state index is 11.7. The monoisotopic (exact) mass is 267 g/mol. The van der Waals surface area contributed by atoms with Gasteiger partial charge >= 0.3 is 5.97 Å². The van der Waals surface area contributed by atoms with Gasteiger partial charge in [0.05, 0.1) is 12.2 Å². The fraction of sp³-hybridized carbons (Fsp3) is 0.500. The Labute approximate surface area is 113 Å². The molecule has 1 aromatic carbocycles. The number of benzene rings is 1. The van der Waals surface area contributed by atoms with Crippen molar-refractivity contribution in [2.24, 2.45) is 0 Å². The first-order chi connectivity index (χ1) is 8.47. The first kappa shape index (κ1) is 14.9. The number of ether oxygens (including phenoxy) is 1. The number of nitrogens with two attached hydrogens (primary N) is 1. The van der Waals surface area contributed by atoms with Gasteiger partial charge in [-0.1, -0.05) is 19.9 Å². The van der Waals surface area contributed by atoms with Crippen LogP contribution < -0.4 is 5.73 Å². The Kier molecular flexibility index (Phi) is 5.54. The third-order valence-electron chi connectivity index (χ3n) is 2.69. The molecule has 0 aliphatic rings. The summed E-state index contributed by atoms with van der Waals surface area (Å²) in [6.45, 7) is 8.43. The summed E-state index contributed by atoms with van der Waals surface area (Å²) in [5, 5.41) is 0.579. The van der Waals surface area contributed by atoms with E-state index in [-0.39, 0.29) is 5.97 Å². The lowest BCUT2D eigenvalue weighted by Crippen LogP contribution is -2.10. The molecule has 0 atom stereocenters. The molecule has 1 aromatic rings. The molecule has 0 saturated heterocycles. The smallest absolute Gasteiger partial charge is 0.340 e. The number of hydrogen-bond acceptors (Lipinski definition) is 4. The van der Waals surface area contributed by atoms with Crippen LogP contribution >= 0.6 is 11.8 Å². The Morgan fingerprint density at radius 2 is 2.11 bits per heavy atom. The van der Waals surface area contributed by atoms with Gasteiger partial charge in [-0.15, -0.1) is 0 Å². The van der Waals surface area contributed by atoms with E-state index < -0.39 is 0 Å². The molecule has 0 aliphatic carbocycles. The van der Waals surface area contributed by atoms with Crippen molar-refractivity contribution in [2.75, 3.05) is 12.3 Å². The molecule has 1 rings (SSSR count). The minimum absolute atomic E-state index is 0.346. The van der Waals surface area contributed by atoms with Gasteiger partial charge in [0.15, 0.2) is 0 Å². The highest BCUT2D eigenvalue weighted by Crippen LogP contribution is 2.26. The zero-order valence-corrected chi connectivity index (χ0v) is 12.3. The maximum Gasteiger partial charge on any atom is 0.340 e. The number of anilines is 1. The van der Waals surface area contributed by atoms with Gasteiger partial charge in [-0.25, -0.2) is 4.79 Å². The summed E-state index contributed by atoms with van der Waals surface area (Å²) < 4.78 is 4.98. The highest BCUT2D eigenvalue weighted by atomic mass is 32.2. The van der Waals surface area contributed by atoms with Crippen LogP contribution in [0, 0.1) is 6.92 Å². The van der Waals surface area contributed by atoms with E-state index in [1.807, 2.05) is 24.8 Å². The molecule has 2 N–H and O–H groups in total. The predicted molar refractivity (Wildman–Crippen MR) is 78.0 cm³/mol. The zero-order chi connectivity index (χ0) is 13.7. The van der Waals surface area contributed by atoms with Gasteiger partial charge in [-0.05, 0) is 36.3 Å². The molecule has 4 heteroatoms. The van der Waals surface area contributed by atoms with E-state index in [0.29, 0.717) is 23.1 Å². The molecule has 0 amide bonds. The predicted octanol–water partition coefficient (Wildman–Crippen LogP) is 3.40. The second-order valence-corrected chi connectivity index (χ2v) is 5.96. The Hall–Kier alpha value is -1.16. The van der Waals surface area contributed by atoms with Crippen molar-refractivity contribution >= 4 is 23.4 Å². The molecule has 0 saturated carbocycles. The van der Waals surface area contributed by atoms with Gasteiger partial charge in [-0.3, -0.25) is 0 Å². The standard InChI is InChI=1S/C14H21NO2S/c1-5-17-14(16)12-7-6-11(8-18-9(2)3)10(4)13(12)15/h6-7,9H,5,8,15H2,1-4H3. The molecule has 0 spiro atoms. The number of carbonyl (C=O) groups is 1. The normalized spacial score (nSPS) is 10.7. The number of esters is 1. The van der Waals surface area contributed by atoms with Gasteiger partial charge in [0.1, 0.15) is 0 Å². The molecule has 18 heavy (non-hydrogen) atoms. The van der Waals surface area contributed by atoms with Gasteiger partial charge < -0.3 is 10.5 Å². The van der Waals surface area contributed by atoms with Crippen molar-refractivity contribution in [1.82, 2.24) is 0 Å². The topological polar surface area (TPSA) is 52.3 Å². The third kappa shape index (κ3) is 3.67. The number of nitrogen functional groups attached to an aromatic ring is 1. The van der Waals surface area contributed by atoms with Crippen LogP contribution in [0.15, 0.2) is 12.1 Å². The molecule has 0 radical (unpaired) electrons. The molecule has 0 heterocycles. The Morgan fingerprint density at radius 1 is 1.44 bits per heavy atom. The zero-order valence-electron chi connectivity index (χ0n) is 11.4. The van der Waals surface area contributed by atoms with E-state index in [4.69, 9.17) is 10.5 Å². The van der Waals surface area contributed by atoms with Crippen molar-refractivity contribution in [1.29, 1.82) is 0 Å². The first-order valence-corrected chi connectivity index (χ1v) is 7.18. The Morgan fingerprint density at radius 3 is 2.67 bits per heavy atom. The van der Waals surface area contributed by atoms with Crippen molar-refractivity contribution in [2.45, 2.75) is 38.7 Å². The second kappa shape index (κ2) is 6.69. The summed E-state index contributed by atoms with van der Waals surface area (Å²) in [4.78, 5) is 11.7. The van der Waals surface area contributed by atoms with Crippen LogP contribution in [0.1, 0.15) is 42.3 Å². The van der Waals surface area contributed by atoms with Crippen LogP contribution in [-0.2, 0) is 10.5 Å². The average molecular weight is 267 g/mol. The fourth-order valence-electron chi connectivity index (χ4n) is 1.57.